The summed E-state index contributed by atoms with van der Waals surface area (Å²) in [7, 11) is 0. The smallest absolute Gasteiger partial charge is 0.350 e. The molecular weight excluding hydrogens is 485 g/mol. The molecule has 0 saturated carbocycles. The van der Waals surface area contributed by atoms with E-state index in [0.717, 1.165) is 17.7 Å². The highest BCUT2D eigenvalue weighted by molar-refractivity contribution is 5.97. The average Bonchev–Trinajstić information content (AvgIpc) is 3.35. The second-order valence-corrected chi connectivity index (χ2v) is 10.0. The van der Waals surface area contributed by atoms with E-state index in [0.29, 0.717) is 48.3 Å². The predicted molar refractivity (Wildman–Crippen MR) is 132 cm³/mol. The maximum absolute atomic E-state index is 13.4. The number of carbonyl (C=O) groups is 2. The highest BCUT2D eigenvalue weighted by Crippen LogP contribution is 2.36. The summed E-state index contributed by atoms with van der Waals surface area (Å²) in [6, 6.07) is 8.20. The van der Waals surface area contributed by atoms with Gasteiger partial charge in [-0.2, -0.15) is 13.2 Å². The Hall–Kier alpha value is -3.89. The van der Waals surface area contributed by atoms with Gasteiger partial charge in [0.25, 0.3) is 5.91 Å². The summed E-state index contributed by atoms with van der Waals surface area (Å²) >= 11 is 0. The Kier molecular flexibility index (Phi) is 7.24. The third-order valence-electron chi connectivity index (χ3n) is 6.05. The average molecular weight is 515 g/mol. The Balaban J connectivity index is 1.67. The van der Waals surface area contributed by atoms with Crippen LogP contribution in [0.1, 0.15) is 47.8 Å². The molecule has 2 heterocycles. The quantitative estimate of drug-likeness (QED) is 0.532. The van der Waals surface area contributed by atoms with E-state index in [1.165, 1.54) is 6.07 Å². The van der Waals surface area contributed by atoms with Crippen LogP contribution < -0.4 is 10.6 Å². The van der Waals surface area contributed by atoms with E-state index in [2.05, 4.69) is 20.8 Å². The van der Waals surface area contributed by atoms with Gasteiger partial charge in [-0.15, -0.1) is 10.2 Å². The highest BCUT2D eigenvalue weighted by Gasteiger charge is 2.32. The van der Waals surface area contributed by atoms with Gasteiger partial charge in [-0.25, -0.2) is 4.79 Å². The fraction of sp³-hybridized carbons (Fsp3) is 0.385. The van der Waals surface area contributed by atoms with E-state index in [-0.39, 0.29) is 18.5 Å². The summed E-state index contributed by atoms with van der Waals surface area (Å²) in [5.41, 5.74) is 1.65. The number of alkyl halides is 3. The van der Waals surface area contributed by atoms with Gasteiger partial charge in [0, 0.05) is 37.3 Å². The molecule has 2 aromatic carbocycles. The number of nitrogens with zero attached hydrogens (tertiary/aromatic N) is 4. The summed E-state index contributed by atoms with van der Waals surface area (Å²) in [4.78, 5) is 27.7. The van der Waals surface area contributed by atoms with Gasteiger partial charge in [-0.3, -0.25) is 4.79 Å². The van der Waals surface area contributed by atoms with Gasteiger partial charge < -0.3 is 20.1 Å². The van der Waals surface area contributed by atoms with Gasteiger partial charge in [-0.05, 0) is 67.6 Å². The van der Waals surface area contributed by atoms with Gasteiger partial charge in [0.05, 0.1) is 5.56 Å². The lowest BCUT2D eigenvalue weighted by atomic mass is 9.87. The van der Waals surface area contributed by atoms with Gasteiger partial charge in [-0.1, -0.05) is 18.2 Å². The number of nitrogens with one attached hydrogen (secondary N) is 2. The molecule has 1 aliphatic heterocycles. The number of amides is 3. The SMILES string of the molecule is CC(C)(C)NC(=O)N1CCc2c(-c3cccc(C(F)(F)F)c3)ccc(C(=O)NCCn3cnnc3)c2C1. The van der Waals surface area contributed by atoms with Crippen LogP contribution in [0.5, 0.6) is 0 Å². The van der Waals surface area contributed by atoms with Crippen molar-refractivity contribution in [1.29, 1.82) is 0 Å². The minimum absolute atomic E-state index is 0.165. The zero-order valence-electron chi connectivity index (χ0n) is 20.9. The molecule has 1 aromatic heterocycles. The molecule has 196 valence electrons. The summed E-state index contributed by atoms with van der Waals surface area (Å²) in [6.07, 6.45) is -0.976. The molecular formula is C26H29F3N6O2. The second kappa shape index (κ2) is 10.2. The number of hydrogen-bond acceptors (Lipinski definition) is 4. The molecule has 0 bridgehead atoms. The number of carbonyl (C=O) groups excluding carboxylic acids is 2. The van der Waals surface area contributed by atoms with Crippen LogP contribution in [-0.4, -0.2) is 50.2 Å². The second-order valence-electron chi connectivity index (χ2n) is 10.0. The fourth-order valence-electron chi connectivity index (χ4n) is 4.33. The number of halogens is 3. The Labute approximate surface area is 212 Å². The Morgan fingerprint density at radius 3 is 2.43 bits per heavy atom. The maximum atomic E-state index is 13.4. The fourth-order valence-corrected chi connectivity index (χ4v) is 4.33. The standard InChI is InChI=1S/C26H29F3N6O2/c1-25(2,3)33-24(37)35-11-9-20-19(17-5-4-6-18(13-17)26(27,28)29)7-8-21(22(20)14-35)23(36)30-10-12-34-15-31-32-16-34/h4-8,13,15-16H,9-12,14H2,1-3H3,(H,30,36)(H,33,37). The van der Waals surface area contributed by atoms with Gasteiger partial charge >= 0.3 is 12.2 Å². The van der Waals surface area contributed by atoms with Crippen LogP contribution in [0.25, 0.3) is 11.1 Å². The number of urea groups is 1. The molecule has 0 fully saturated rings. The summed E-state index contributed by atoms with van der Waals surface area (Å²) in [5.74, 6) is -0.321. The zero-order chi connectivity index (χ0) is 26.8. The van der Waals surface area contributed by atoms with Crippen LogP contribution in [0.2, 0.25) is 0 Å². The van der Waals surface area contributed by atoms with E-state index in [4.69, 9.17) is 0 Å². The summed E-state index contributed by atoms with van der Waals surface area (Å²) < 4.78 is 41.9. The Morgan fingerprint density at radius 1 is 1.03 bits per heavy atom. The van der Waals surface area contributed by atoms with Crippen LogP contribution in [0.3, 0.4) is 0 Å². The number of hydrogen-bond donors (Lipinski definition) is 2. The third-order valence-corrected chi connectivity index (χ3v) is 6.05. The summed E-state index contributed by atoms with van der Waals surface area (Å²) in [6.45, 7) is 6.98. The molecule has 0 atom stereocenters. The molecule has 3 amide bonds. The van der Waals surface area contributed by atoms with Crippen molar-refractivity contribution in [3.05, 3.63) is 71.3 Å². The molecule has 4 rings (SSSR count). The normalized spacial score (nSPS) is 13.7. The first-order valence-electron chi connectivity index (χ1n) is 11.9. The first kappa shape index (κ1) is 26.2. The lowest BCUT2D eigenvalue weighted by Gasteiger charge is -2.34. The predicted octanol–water partition coefficient (Wildman–Crippen LogP) is 4.26. The monoisotopic (exact) mass is 514 g/mol. The number of rotatable bonds is 5. The molecule has 1 aliphatic rings. The lowest BCUT2D eigenvalue weighted by molar-refractivity contribution is -0.137. The molecule has 0 radical (unpaired) electrons. The minimum atomic E-state index is -4.47. The number of benzene rings is 2. The van der Waals surface area contributed by atoms with Crippen molar-refractivity contribution in [2.45, 2.75) is 52.0 Å². The van der Waals surface area contributed by atoms with E-state index >= 15 is 0 Å². The lowest BCUT2D eigenvalue weighted by Crippen LogP contribution is -2.50. The van der Waals surface area contributed by atoms with Crippen LogP contribution in [0, 0.1) is 0 Å². The summed E-state index contributed by atoms with van der Waals surface area (Å²) in [5, 5.41) is 13.3. The van der Waals surface area contributed by atoms with Crippen molar-refractivity contribution in [3.8, 4) is 11.1 Å². The van der Waals surface area contributed by atoms with Crippen LogP contribution in [0.15, 0.2) is 49.1 Å². The van der Waals surface area contributed by atoms with Crippen molar-refractivity contribution >= 4 is 11.9 Å². The Bertz CT molecular complexity index is 1280. The van der Waals surface area contributed by atoms with Gasteiger partial charge in [0.1, 0.15) is 12.7 Å². The van der Waals surface area contributed by atoms with E-state index < -0.39 is 17.3 Å². The topological polar surface area (TPSA) is 92.2 Å². The van der Waals surface area contributed by atoms with Crippen LogP contribution in [-0.2, 0) is 25.7 Å². The largest absolute Gasteiger partial charge is 0.416 e. The van der Waals surface area contributed by atoms with Crippen molar-refractivity contribution in [2.24, 2.45) is 0 Å². The van der Waals surface area contributed by atoms with Gasteiger partial charge in [0.2, 0.25) is 0 Å². The van der Waals surface area contributed by atoms with E-state index in [1.807, 2.05) is 20.8 Å². The maximum Gasteiger partial charge on any atom is 0.416 e. The van der Waals surface area contributed by atoms with Crippen molar-refractivity contribution < 1.29 is 22.8 Å². The Morgan fingerprint density at radius 2 is 1.76 bits per heavy atom. The molecule has 3 aromatic rings. The van der Waals surface area contributed by atoms with Crippen molar-refractivity contribution in [1.82, 2.24) is 30.3 Å². The molecule has 0 unspecified atom stereocenters. The molecule has 37 heavy (non-hydrogen) atoms. The molecule has 2 N–H and O–H groups in total. The third kappa shape index (κ3) is 6.28. The van der Waals surface area contributed by atoms with Crippen LogP contribution >= 0.6 is 0 Å². The molecule has 0 aliphatic carbocycles. The molecule has 0 saturated heterocycles. The highest BCUT2D eigenvalue weighted by atomic mass is 19.4. The van der Waals surface area contributed by atoms with Crippen LogP contribution in [0.4, 0.5) is 18.0 Å². The van der Waals surface area contributed by atoms with E-state index in [9.17, 15) is 22.8 Å². The van der Waals surface area contributed by atoms with Crippen molar-refractivity contribution in [2.75, 3.05) is 13.1 Å². The first-order chi connectivity index (χ1) is 17.4. The molecule has 8 nitrogen and oxygen atoms in total. The van der Waals surface area contributed by atoms with Crippen molar-refractivity contribution in [3.63, 3.8) is 0 Å². The number of aromatic nitrogens is 3. The zero-order valence-corrected chi connectivity index (χ0v) is 20.9. The van der Waals surface area contributed by atoms with Gasteiger partial charge in [0.15, 0.2) is 0 Å². The number of fused-ring (bicyclic) bond motifs is 1. The molecule has 11 heteroatoms. The van der Waals surface area contributed by atoms with E-state index in [1.54, 1.807) is 40.3 Å². The first-order valence-corrected chi connectivity index (χ1v) is 11.9. The minimum Gasteiger partial charge on any atom is -0.350 e. The molecule has 0 spiro atoms.